The van der Waals surface area contributed by atoms with Crippen molar-refractivity contribution in [1.29, 1.82) is 0 Å². The number of sulfone groups is 1. The zero-order chi connectivity index (χ0) is 34.6. The summed E-state index contributed by atoms with van der Waals surface area (Å²) in [6, 6.07) is -1.34. The van der Waals surface area contributed by atoms with E-state index in [1.54, 1.807) is 26.8 Å². The van der Waals surface area contributed by atoms with E-state index in [2.05, 4.69) is 26.4 Å². The van der Waals surface area contributed by atoms with E-state index in [0.717, 1.165) is 17.6 Å². The minimum atomic E-state index is -3.73. The molecule has 0 saturated carbocycles. The number of carbonyl (C=O) groups excluding carboxylic acids is 4. The molecule has 45 heavy (non-hydrogen) atoms. The predicted molar refractivity (Wildman–Crippen MR) is 171 cm³/mol. The van der Waals surface area contributed by atoms with Gasteiger partial charge in [0.05, 0.1) is 23.6 Å². The van der Waals surface area contributed by atoms with E-state index in [1.165, 1.54) is 4.68 Å². The standard InChI is InChI=1S/C30H54N6O8S/c1-17(2)11-23(25(37)12-20(7)27(38)34-26(19(5)6)29(40)31-14-18(3)4)32-28(39)24(15-45(10,42)43)33-30(41)44-16-36-22(9)13-21(8)35-36/h13,17-20,23-26,37H,11-12,14-16H2,1-10H3,(H,31,40)(H,32,39)(H,33,41)(H,34,38)/t20-,23-,24+,25?,26?/m1/s1. The molecule has 0 aliphatic rings. The minimum Gasteiger partial charge on any atom is -0.426 e. The smallest absolute Gasteiger partial charge is 0.409 e. The molecule has 0 radical (unpaired) electrons. The Hall–Kier alpha value is -3.20. The zero-order valence-corrected chi connectivity index (χ0v) is 29.2. The van der Waals surface area contributed by atoms with Gasteiger partial charge in [-0.1, -0.05) is 48.5 Å². The van der Waals surface area contributed by atoms with Gasteiger partial charge in [0.25, 0.3) is 0 Å². The highest BCUT2D eigenvalue weighted by molar-refractivity contribution is 7.90. The van der Waals surface area contributed by atoms with Gasteiger partial charge in [-0.3, -0.25) is 14.4 Å². The molecule has 14 nitrogen and oxygen atoms in total. The molecule has 0 bridgehead atoms. The number of nitrogens with zero attached hydrogens (tertiary/aromatic N) is 2. The molecule has 0 saturated heterocycles. The van der Waals surface area contributed by atoms with Gasteiger partial charge in [-0.2, -0.15) is 5.10 Å². The summed E-state index contributed by atoms with van der Waals surface area (Å²) in [4.78, 5) is 51.6. The monoisotopic (exact) mass is 658 g/mol. The van der Waals surface area contributed by atoms with Crippen LogP contribution >= 0.6 is 0 Å². The largest absolute Gasteiger partial charge is 0.426 e. The lowest BCUT2D eigenvalue weighted by Crippen LogP contribution is -2.55. The van der Waals surface area contributed by atoms with E-state index in [9.17, 15) is 32.7 Å². The number of alkyl carbamates (subject to hydrolysis) is 1. The number of carbonyl (C=O) groups is 4. The Bertz CT molecular complexity index is 1250. The van der Waals surface area contributed by atoms with Crippen LogP contribution in [0.15, 0.2) is 6.07 Å². The van der Waals surface area contributed by atoms with Gasteiger partial charge in [0.1, 0.15) is 21.9 Å². The average molecular weight is 659 g/mol. The first kappa shape index (κ1) is 39.8. The van der Waals surface area contributed by atoms with Crippen LogP contribution in [0.5, 0.6) is 0 Å². The SMILES string of the molecule is Cc1cc(C)n(COC(=O)N[C@@H](CS(C)(=O)=O)C(=O)N[C@H](CC(C)C)C(O)C[C@@H](C)C(=O)NC(C(=O)NCC(C)C)C(C)C)n1. The van der Waals surface area contributed by atoms with Crippen molar-refractivity contribution in [3.8, 4) is 0 Å². The first-order valence-electron chi connectivity index (χ1n) is 15.4. The zero-order valence-electron chi connectivity index (χ0n) is 28.3. The third-order valence-electron chi connectivity index (χ3n) is 6.99. The normalized spacial score (nSPS) is 15.2. The summed E-state index contributed by atoms with van der Waals surface area (Å²) in [7, 11) is -3.73. The van der Waals surface area contributed by atoms with Crippen LogP contribution in [0.25, 0.3) is 0 Å². The molecular formula is C30H54N6O8S. The average Bonchev–Trinajstić information content (AvgIpc) is 3.23. The molecular weight excluding hydrogens is 604 g/mol. The molecule has 5 N–H and O–H groups in total. The third-order valence-corrected chi connectivity index (χ3v) is 7.93. The molecule has 258 valence electrons. The highest BCUT2D eigenvalue weighted by atomic mass is 32.2. The van der Waals surface area contributed by atoms with Crippen LogP contribution in [-0.2, 0) is 35.7 Å². The highest BCUT2D eigenvalue weighted by Crippen LogP contribution is 2.17. The van der Waals surface area contributed by atoms with Crippen molar-refractivity contribution in [2.75, 3.05) is 18.6 Å². The lowest BCUT2D eigenvalue weighted by Gasteiger charge is -2.30. The summed E-state index contributed by atoms with van der Waals surface area (Å²) < 4.78 is 30.8. The summed E-state index contributed by atoms with van der Waals surface area (Å²) in [5.41, 5.74) is 1.47. The number of aliphatic hydroxyl groups is 1. The summed E-state index contributed by atoms with van der Waals surface area (Å²) in [5.74, 6) is -2.89. The Kier molecular flexibility index (Phi) is 16.0. The Morgan fingerprint density at radius 2 is 1.53 bits per heavy atom. The van der Waals surface area contributed by atoms with Crippen molar-refractivity contribution in [1.82, 2.24) is 31.0 Å². The Morgan fingerprint density at radius 3 is 2.02 bits per heavy atom. The maximum Gasteiger partial charge on any atom is 0.409 e. The van der Waals surface area contributed by atoms with Crippen molar-refractivity contribution >= 4 is 33.7 Å². The highest BCUT2D eigenvalue weighted by Gasteiger charge is 2.33. The molecule has 4 amide bonds. The maximum absolute atomic E-state index is 13.3. The van der Waals surface area contributed by atoms with E-state index < -0.39 is 63.6 Å². The quantitative estimate of drug-likeness (QED) is 0.155. The minimum absolute atomic E-state index is 0.0103. The predicted octanol–water partition coefficient (Wildman–Crippen LogP) is 1.43. The van der Waals surface area contributed by atoms with Crippen LogP contribution < -0.4 is 21.3 Å². The summed E-state index contributed by atoms with van der Waals surface area (Å²) >= 11 is 0. The van der Waals surface area contributed by atoms with Crippen LogP contribution in [0.4, 0.5) is 4.79 Å². The molecule has 0 aliphatic carbocycles. The van der Waals surface area contributed by atoms with Gasteiger partial charge in [0, 0.05) is 24.4 Å². The van der Waals surface area contributed by atoms with Crippen molar-refractivity contribution in [2.45, 2.75) is 106 Å². The van der Waals surface area contributed by atoms with Crippen LogP contribution in [0.1, 0.15) is 72.7 Å². The second-order valence-corrected chi connectivity index (χ2v) is 15.3. The molecule has 15 heteroatoms. The molecule has 0 aromatic carbocycles. The maximum atomic E-state index is 13.3. The van der Waals surface area contributed by atoms with E-state index in [1.807, 2.05) is 41.5 Å². The number of aromatic nitrogens is 2. The number of aryl methyl sites for hydroxylation is 2. The van der Waals surface area contributed by atoms with Gasteiger partial charge in [-0.15, -0.1) is 0 Å². The van der Waals surface area contributed by atoms with E-state index >= 15 is 0 Å². The lowest BCUT2D eigenvalue weighted by molar-refractivity contribution is -0.132. The number of nitrogens with one attached hydrogen (secondary N) is 4. The number of hydrogen-bond acceptors (Lipinski definition) is 9. The van der Waals surface area contributed by atoms with Crippen LogP contribution in [0.2, 0.25) is 0 Å². The number of amides is 4. The van der Waals surface area contributed by atoms with Crippen molar-refractivity contribution in [2.24, 2.45) is 23.7 Å². The Labute approximate surface area is 267 Å². The molecule has 2 unspecified atom stereocenters. The molecule has 0 aliphatic heterocycles. The van der Waals surface area contributed by atoms with Crippen molar-refractivity contribution in [3.63, 3.8) is 0 Å². The second-order valence-electron chi connectivity index (χ2n) is 13.1. The number of hydrogen-bond donors (Lipinski definition) is 5. The van der Waals surface area contributed by atoms with Gasteiger partial charge in [0.15, 0.2) is 6.73 Å². The summed E-state index contributed by atoms with van der Waals surface area (Å²) in [6.07, 6.45) is -1.01. The Morgan fingerprint density at radius 1 is 0.911 bits per heavy atom. The molecule has 0 fully saturated rings. The third kappa shape index (κ3) is 15.1. The summed E-state index contributed by atoms with van der Waals surface area (Å²) in [5, 5.41) is 25.9. The first-order chi connectivity index (χ1) is 20.7. The van der Waals surface area contributed by atoms with Crippen LogP contribution in [0, 0.1) is 37.5 Å². The lowest BCUT2D eigenvalue weighted by atomic mass is 9.91. The van der Waals surface area contributed by atoms with Gasteiger partial charge >= 0.3 is 6.09 Å². The summed E-state index contributed by atoms with van der Waals surface area (Å²) in [6.45, 7) is 16.7. The van der Waals surface area contributed by atoms with E-state index in [4.69, 9.17) is 4.74 Å². The first-order valence-corrected chi connectivity index (χ1v) is 17.4. The van der Waals surface area contributed by atoms with Gasteiger partial charge in [-0.05, 0) is 50.5 Å². The van der Waals surface area contributed by atoms with Crippen LogP contribution in [0.3, 0.4) is 0 Å². The van der Waals surface area contributed by atoms with Gasteiger partial charge in [0.2, 0.25) is 17.7 Å². The molecule has 1 aromatic rings. The fourth-order valence-electron chi connectivity index (χ4n) is 4.58. The van der Waals surface area contributed by atoms with E-state index in [0.29, 0.717) is 13.0 Å². The van der Waals surface area contributed by atoms with Gasteiger partial charge < -0.3 is 31.1 Å². The molecule has 1 aromatic heterocycles. The molecule has 1 rings (SSSR count). The fourth-order valence-corrected chi connectivity index (χ4v) is 5.42. The Balaban J connectivity index is 2.98. The molecule has 1 heterocycles. The second kappa shape index (κ2) is 18.1. The molecule has 0 spiro atoms. The van der Waals surface area contributed by atoms with Crippen molar-refractivity contribution < 1.29 is 37.4 Å². The number of aliphatic hydroxyl groups excluding tert-OH is 1. The molecule has 5 atom stereocenters. The van der Waals surface area contributed by atoms with Crippen molar-refractivity contribution in [3.05, 3.63) is 17.5 Å². The van der Waals surface area contributed by atoms with E-state index in [-0.39, 0.29) is 36.8 Å². The number of ether oxygens (including phenoxy) is 1. The van der Waals surface area contributed by atoms with Crippen LogP contribution in [-0.4, -0.2) is 89.9 Å². The topological polar surface area (TPSA) is 198 Å². The number of rotatable bonds is 18. The fraction of sp³-hybridized carbons (Fsp3) is 0.767. The van der Waals surface area contributed by atoms with Gasteiger partial charge in [-0.25, -0.2) is 17.9 Å².